The molecule has 0 atom stereocenters. The topological polar surface area (TPSA) is 27.7 Å². The van der Waals surface area contributed by atoms with Gasteiger partial charge in [-0.3, -0.25) is 0 Å². The van der Waals surface area contributed by atoms with Crippen molar-refractivity contribution in [3.8, 4) is 5.75 Å². The van der Waals surface area contributed by atoms with Crippen LogP contribution in [0.25, 0.3) is 0 Å². The summed E-state index contributed by atoms with van der Waals surface area (Å²) in [5.74, 6) is 1.03. The predicted molar refractivity (Wildman–Crippen MR) is 89.3 cm³/mol. The van der Waals surface area contributed by atoms with Gasteiger partial charge in [-0.1, -0.05) is 19.9 Å². The highest BCUT2D eigenvalue weighted by Crippen LogP contribution is 2.30. The Hall–Kier alpha value is -1.26. The molecule has 1 aliphatic rings. The van der Waals surface area contributed by atoms with Crippen molar-refractivity contribution in [1.29, 1.82) is 0 Å². The normalized spacial score (nSPS) is 16.2. The second kappa shape index (κ2) is 8.25. The lowest BCUT2D eigenvalue weighted by Crippen LogP contribution is -2.46. The van der Waals surface area contributed by atoms with Crippen molar-refractivity contribution in [3.63, 3.8) is 0 Å². The van der Waals surface area contributed by atoms with Crippen LogP contribution in [0, 0.1) is 0 Å². The molecule has 0 saturated carbocycles. The second-order valence-corrected chi connectivity index (χ2v) is 5.44. The third-order valence-electron chi connectivity index (χ3n) is 4.06. The first-order valence-electron chi connectivity index (χ1n) is 8.22. The van der Waals surface area contributed by atoms with E-state index < -0.39 is 0 Å². The third kappa shape index (κ3) is 4.35. The summed E-state index contributed by atoms with van der Waals surface area (Å²) in [6.45, 7) is 14.6. The molecular weight excluding hydrogens is 262 g/mol. The van der Waals surface area contributed by atoms with Gasteiger partial charge in [-0.25, -0.2) is 0 Å². The number of hydrogen-bond donors (Lipinski definition) is 1. The van der Waals surface area contributed by atoms with Crippen LogP contribution >= 0.6 is 0 Å². The van der Waals surface area contributed by atoms with E-state index >= 15 is 0 Å². The number of ether oxygens (including phenoxy) is 1. The van der Waals surface area contributed by atoms with Gasteiger partial charge in [-0.05, 0) is 37.7 Å². The van der Waals surface area contributed by atoms with Gasteiger partial charge in [-0.2, -0.15) is 0 Å². The standard InChI is InChI=1S/C17H29N3O/c1-4-18-14-15-7-8-16(17(13-15)21-6-3)20-11-9-19(5-2)10-12-20/h7-8,13,18H,4-6,9-12,14H2,1-3H3. The molecule has 0 spiro atoms. The number of nitrogens with zero attached hydrogens (tertiary/aromatic N) is 2. The second-order valence-electron chi connectivity index (χ2n) is 5.44. The molecule has 1 heterocycles. The average Bonchev–Trinajstić information content (AvgIpc) is 2.53. The van der Waals surface area contributed by atoms with Crippen molar-refractivity contribution < 1.29 is 4.74 Å². The molecule has 21 heavy (non-hydrogen) atoms. The Bertz CT molecular complexity index is 428. The zero-order chi connectivity index (χ0) is 15.1. The Morgan fingerprint density at radius 3 is 2.48 bits per heavy atom. The van der Waals surface area contributed by atoms with Crippen molar-refractivity contribution in [2.75, 3.05) is 50.8 Å². The smallest absolute Gasteiger partial charge is 0.142 e. The Balaban J connectivity index is 2.10. The number of anilines is 1. The fourth-order valence-corrected chi connectivity index (χ4v) is 2.78. The fraction of sp³-hybridized carbons (Fsp3) is 0.647. The molecule has 4 nitrogen and oxygen atoms in total. The first-order valence-corrected chi connectivity index (χ1v) is 8.22. The van der Waals surface area contributed by atoms with Crippen LogP contribution < -0.4 is 15.0 Å². The van der Waals surface area contributed by atoms with Crippen LogP contribution in [0.3, 0.4) is 0 Å². The molecule has 0 radical (unpaired) electrons. The summed E-state index contributed by atoms with van der Waals surface area (Å²) in [7, 11) is 0. The van der Waals surface area contributed by atoms with Gasteiger partial charge < -0.3 is 19.9 Å². The maximum atomic E-state index is 5.88. The maximum absolute atomic E-state index is 5.88. The van der Waals surface area contributed by atoms with Crippen LogP contribution in [0.15, 0.2) is 18.2 Å². The number of benzene rings is 1. The molecule has 1 fully saturated rings. The average molecular weight is 291 g/mol. The van der Waals surface area contributed by atoms with Gasteiger partial charge in [0, 0.05) is 32.7 Å². The molecule has 118 valence electrons. The van der Waals surface area contributed by atoms with Gasteiger partial charge in [0.15, 0.2) is 0 Å². The van der Waals surface area contributed by atoms with Crippen molar-refractivity contribution in [1.82, 2.24) is 10.2 Å². The van der Waals surface area contributed by atoms with Gasteiger partial charge in [0.05, 0.1) is 12.3 Å². The molecule has 0 aromatic heterocycles. The predicted octanol–water partition coefficient (Wildman–Crippen LogP) is 2.34. The minimum Gasteiger partial charge on any atom is -0.492 e. The first-order chi connectivity index (χ1) is 10.3. The fourth-order valence-electron chi connectivity index (χ4n) is 2.78. The highest BCUT2D eigenvalue weighted by Gasteiger charge is 2.19. The Kier molecular flexibility index (Phi) is 6.33. The zero-order valence-electron chi connectivity index (χ0n) is 13.7. The van der Waals surface area contributed by atoms with Gasteiger partial charge >= 0.3 is 0 Å². The van der Waals surface area contributed by atoms with Crippen LogP contribution in [0.1, 0.15) is 26.3 Å². The van der Waals surface area contributed by atoms with Crippen molar-refractivity contribution in [2.45, 2.75) is 27.3 Å². The van der Waals surface area contributed by atoms with Gasteiger partial charge in [-0.15, -0.1) is 0 Å². The minimum atomic E-state index is 0.715. The van der Waals surface area contributed by atoms with Gasteiger partial charge in [0.25, 0.3) is 0 Å². The minimum absolute atomic E-state index is 0.715. The molecule has 0 aliphatic carbocycles. The lowest BCUT2D eigenvalue weighted by Gasteiger charge is -2.36. The van der Waals surface area contributed by atoms with E-state index in [2.05, 4.69) is 54.1 Å². The molecule has 1 N–H and O–H groups in total. The summed E-state index contributed by atoms with van der Waals surface area (Å²) in [6, 6.07) is 6.62. The Morgan fingerprint density at radius 1 is 1.10 bits per heavy atom. The largest absolute Gasteiger partial charge is 0.492 e. The molecule has 2 rings (SSSR count). The van der Waals surface area contributed by atoms with E-state index in [1.807, 2.05) is 0 Å². The van der Waals surface area contributed by atoms with Crippen LogP contribution in [-0.4, -0.2) is 50.8 Å². The van der Waals surface area contributed by atoms with Crippen LogP contribution in [0.4, 0.5) is 5.69 Å². The summed E-state index contributed by atoms with van der Waals surface area (Å²) < 4.78 is 5.88. The number of piperazine rings is 1. The van der Waals surface area contributed by atoms with E-state index in [9.17, 15) is 0 Å². The molecular formula is C17H29N3O. The summed E-state index contributed by atoms with van der Waals surface area (Å²) in [6.07, 6.45) is 0. The van der Waals surface area contributed by atoms with Crippen LogP contribution in [0.5, 0.6) is 5.75 Å². The van der Waals surface area contributed by atoms with Crippen LogP contribution in [-0.2, 0) is 6.54 Å². The lowest BCUT2D eigenvalue weighted by molar-refractivity contribution is 0.269. The summed E-state index contributed by atoms with van der Waals surface area (Å²) in [5, 5.41) is 3.37. The van der Waals surface area contributed by atoms with Crippen LogP contribution in [0.2, 0.25) is 0 Å². The molecule has 1 aliphatic heterocycles. The monoisotopic (exact) mass is 291 g/mol. The Labute approximate surface area is 129 Å². The summed E-state index contributed by atoms with van der Waals surface area (Å²) in [4.78, 5) is 4.95. The Morgan fingerprint density at radius 2 is 1.86 bits per heavy atom. The van der Waals surface area contributed by atoms with E-state index in [0.29, 0.717) is 6.61 Å². The van der Waals surface area contributed by atoms with Crippen molar-refractivity contribution in [3.05, 3.63) is 23.8 Å². The van der Waals surface area contributed by atoms with Crippen molar-refractivity contribution >= 4 is 5.69 Å². The van der Waals surface area contributed by atoms with Crippen molar-refractivity contribution in [2.24, 2.45) is 0 Å². The van der Waals surface area contributed by atoms with E-state index in [-0.39, 0.29) is 0 Å². The third-order valence-corrected chi connectivity index (χ3v) is 4.06. The number of rotatable bonds is 7. The molecule has 0 amide bonds. The van der Waals surface area contributed by atoms with E-state index in [1.54, 1.807) is 0 Å². The van der Waals surface area contributed by atoms with Gasteiger partial charge in [0.2, 0.25) is 0 Å². The number of nitrogens with one attached hydrogen (secondary N) is 1. The molecule has 1 aromatic carbocycles. The molecule has 1 saturated heterocycles. The first kappa shape index (κ1) is 16.1. The summed E-state index contributed by atoms with van der Waals surface area (Å²) >= 11 is 0. The maximum Gasteiger partial charge on any atom is 0.142 e. The highest BCUT2D eigenvalue weighted by molar-refractivity contribution is 5.60. The SMILES string of the molecule is CCNCc1ccc(N2CCN(CC)CC2)c(OCC)c1. The molecule has 1 aromatic rings. The molecule has 0 bridgehead atoms. The zero-order valence-corrected chi connectivity index (χ0v) is 13.7. The number of hydrogen-bond acceptors (Lipinski definition) is 4. The lowest BCUT2D eigenvalue weighted by atomic mass is 10.1. The summed E-state index contributed by atoms with van der Waals surface area (Å²) in [5.41, 5.74) is 2.53. The molecule has 0 unspecified atom stereocenters. The number of likely N-dealkylation sites (N-methyl/N-ethyl adjacent to an activating group) is 1. The highest BCUT2D eigenvalue weighted by atomic mass is 16.5. The van der Waals surface area contributed by atoms with Gasteiger partial charge in [0.1, 0.15) is 5.75 Å². The molecule has 4 heteroatoms. The quantitative estimate of drug-likeness (QED) is 0.834. The van der Waals surface area contributed by atoms with E-state index in [1.165, 1.54) is 11.3 Å². The van der Waals surface area contributed by atoms with E-state index in [4.69, 9.17) is 4.74 Å². The van der Waals surface area contributed by atoms with E-state index in [0.717, 1.165) is 51.6 Å².